The van der Waals surface area contributed by atoms with Crippen LogP contribution in [0.4, 0.5) is 0 Å². The molecule has 0 atom stereocenters. The average molecular weight is 793 g/mol. The number of carboxylic acids is 1. The highest BCUT2D eigenvalue weighted by Crippen LogP contribution is 2.57. The van der Waals surface area contributed by atoms with Crippen molar-refractivity contribution in [2.24, 2.45) is 34.5 Å². The summed E-state index contributed by atoms with van der Waals surface area (Å²) < 4.78 is 27.0. The molecule has 0 radical (unpaired) electrons. The zero-order chi connectivity index (χ0) is 38.6. The van der Waals surface area contributed by atoms with Gasteiger partial charge in [-0.2, -0.15) is 0 Å². The van der Waals surface area contributed by atoms with Crippen LogP contribution in [0, 0.1) is 34.5 Å². The van der Waals surface area contributed by atoms with Gasteiger partial charge in [-0.1, -0.05) is 93.2 Å². The van der Waals surface area contributed by atoms with E-state index in [4.69, 9.17) is 18.9 Å². The first-order valence-electron chi connectivity index (χ1n) is 20.0. The third-order valence-corrected chi connectivity index (χ3v) is 14.5. The highest BCUT2D eigenvalue weighted by Gasteiger charge is 2.39. The molecule has 6 nitrogen and oxygen atoms in total. The molecule has 0 aliphatic carbocycles. The van der Waals surface area contributed by atoms with Crippen LogP contribution in [0.15, 0.2) is 41.1 Å². The van der Waals surface area contributed by atoms with E-state index in [0.29, 0.717) is 50.1 Å². The second kappa shape index (κ2) is 17.4. The molecule has 0 fully saturated rings. The lowest BCUT2D eigenvalue weighted by atomic mass is 9.77. The Morgan fingerprint density at radius 2 is 1.06 bits per heavy atom. The second-order valence-corrected chi connectivity index (χ2v) is 20.4. The van der Waals surface area contributed by atoms with Gasteiger partial charge in [-0.25, -0.2) is 4.79 Å². The Morgan fingerprint density at radius 3 is 1.50 bits per heavy atom. The quantitative estimate of drug-likeness (QED) is 0.122. The van der Waals surface area contributed by atoms with Gasteiger partial charge in [-0.3, -0.25) is 0 Å². The molecule has 0 bridgehead atoms. The Hall–Kier alpha value is -3.01. The first-order valence-corrected chi connectivity index (χ1v) is 22.6. The van der Waals surface area contributed by atoms with Crippen molar-refractivity contribution in [3.63, 3.8) is 0 Å². The summed E-state index contributed by atoms with van der Waals surface area (Å²) in [4.78, 5) is 16.1. The van der Waals surface area contributed by atoms with E-state index in [2.05, 4.69) is 72.2 Å². The summed E-state index contributed by atoms with van der Waals surface area (Å²) in [5.74, 6) is 4.84. The fraction of sp³-hybridized carbons (Fsp3) is 0.578. The molecule has 0 saturated heterocycles. The molecule has 0 amide bonds. The number of benzene rings is 1. The topological polar surface area (TPSA) is 74.2 Å². The molecule has 1 aromatic carbocycles. The van der Waals surface area contributed by atoms with Gasteiger partial charge in [0.1, 0.15) is 0 Å². The molecule has 0 saturated carbocycles. The molecule has 54 heavy (non-hydrogen) atoms. The zero-order valence-electron chi connectivity index (χ0n) is 33.5. The number of thiophene rings is 3. The van der Waals surface area contributed by atoms with Crippen molar-refractivity contribution >= 4 is 40.0 Å². The van der Waals surface area contributed by atoms with Crippen molar-refractivity contribution in [2.45, 2.75) is 107 Å². The highest BCUT2D eigenvalue weighted by atomic mass is 32.1. The molecular formula is C45H60O6S3. The van der Waals surface area contributed by atoms with Crippen LogP contribution < -0.4 is 18.9 Å². The number of aromatic carboxylic acids is 1. The molecule has 1 N–H and O–H groups in total. The van der Waals surface area contributed by atoms with Gasteiger partial charge in [0, 0.05) is 32.0 Å². The lowest BCUT2D eigenvalue weighted by Gasteiger charge is -2.32. The van der Waals surface area contributed by atoms with Gasteiger partial charge in [0.25, 0.3) is 0 Å². The van der Waals surface area contributed by atoms with E-state index in [1.54, 1.807) is 46.1 Å². The van der Waals surface area contributed by atoms with E-state index in [1.807, 2.05) is 12.1 Å². The molecule has 6 rings (SSSR count). The molecule has 4 aromatic rings. The van der Waals surface area contributed by atoms with Crippen molar-refractivity contribution in [3.8, 4) is 53.6 Å². The van der Waals surface area contributed by atoms with E-state index < -0.39 is 5.97 Å². The Balaban J connectivity index is 1.37. The van der Waals surface area contributed by atoms with Gasteiger partial charge in [-0.05, 0) is 73.1 Å². The molecule has 294 valence electrons. The molecule has 3 aromatic heterocycles. The predicted octanol–water partition coefficient (Wildman–Crippen LogP) is 13.8. The van der Waals surface area contributed by atoms with E-state index in [1.165, 1.54) is 0 Å². The number of fused-ring (bicyclic) bond motifs is 2. The number of rotatable bonds is 16. The first-order chi connectivity index (χ1) is 25.8. The van der Waals surface area contributed by atoms with Crippen LogP contribution in [-0.2, 0) is 0 Å². The molecule has 0 unspecified atom stereocenters. The number of ether oxygens (including phenoxy) is 4. The van der Waals surface area contributed by atoms with Gasteiger partial charge in [0.15, 0.2) is 23.0 Å². The lowest BCUT2D eigenvalue weighted by molar-refractivity contribution is 0.0696. The van der Waals surface area contributed by atoms with Crippen LogP contribution in [0.5, 0.6) is 23.0 Å². The molecule has 9 heteroatoms. The van der Waals surface area contributed by atoms with E-state index in [-0.39, 0.29) is 16.4 Å². The number of hydrogen-bond donors (Lipinski definition) is 1. The van der Waals surface area contributed by atoms with Crippen LogP contribution in [0.3, 0.4) is 0 Å². The summed E-state index contributed by atoms with van der Waals surface area (Å²) in [6, 6.07) is 9.44. The maximum Gasteiger partial charge on any atom is 0.335 e. The fourth-order valence-corrected chi connectivity index (χ4v) is 10.7. The molecule has 2 aliphatic heterocycles. The number of carbonyl (C=O) groups is 1. The van der Waals surface area contributed by atoms with Crippen molar-refractivity contribution in [3.05, 3.63) is 46.7 Å². The van der Waals surface area contributed by atoms with Crippen LogP contribution in [0.25, 0.3) is 30.6 Å². The minimum atomic E-state index is -0.934. The minimum absolute atomic E-state index is 0.0222. The summed E-state index contributed by atoms with van der Waals surface area (Å²) >= 11 is 5.04. The number of carboxylic acid groups (broad SMARTS) is 1. The lowest BCUT2D eigenvalue weighted by Crippen LogP contribution is -2.34. The van der Waals surface area contributed by atoms with Gasteiger partial charge in [-0.15, -0.1) is 34.0 Å². The van der Waals surface area contributed by atoms with Crippen LogP contribution >= 0.6 is 34.0 Å². The fourth-order valence-electron chi connectivity index (χ4n) is 7.34. The first kappa shape index (κ1) is 40.6. The Labute approximate surface area is 335 Å². The smallest absolute Gasteiger partial charge is 0.335 e. The van der Waals surface area contributed by atoms with Gasteiger partial charge in [0.05, 0.1) is 46.6 Å². The molecule has 2 aliphatic rings. The summed E-state index contributed by atoms with van der Waals surface area (Å²) in [7, 11) is 0. The summed E-state index contributed by atoms with van der Waals surface area (Å²) in [5, 5.41) is 13.9. The predicted molar refractivity (Wildman–Crippen MR) is 226 cm³/mol. The molecule has 5 heterocycles. The van der Waals surface area contributed by atoms with Gasteiger partial charge in [0.2, 0.25) is 0 Å². The van der Waals surface area contributed by atoms with Crippen LogP contribution in [0.2, 0.25) is 0 Å². The van der Waals surface area contributed by atoms with Gasteiger partial charge < -0.3 is 24.1 Å². The van der Waals surface area contributed by atoms with Crippen LogP contribution in [-0.4, -0.2) is 37.5 Å². The highest BCUT2D eigenvalue weighted by molar-refractivity contribution is 7.26. The molecule has 0 spiro atoms. The minimum Gasteiger partial charge on any atom is -0.488 e. The van der Waals surface area contributed by atoms with E-state index in [9.17, 15) is 9.90 Å². The monoisotopic (exact) mass is 792 g/mol. The maximum absolute atomic E-state index is 11.8. The van der Waals surface area contributed by atoms with Crippen LogP contribution in [0.1, 0.15) is 117 Å². The second-order valence-electron chi connectivity index (χ2n) is 17.6. The zero-order valence-corrected chi connectivity index (χ0v) is 36.0. The largest absolute Gasteiger partial charge is 0.488 e. The normalized spacial score (nSPS) is 16.3. The van der Waals surface area contributed by atoms with Crippen molar-refractivity contribution in [1.29, 1.82) is 0 Å². The van der Waals surface area contributed by atoms with E-state index >= 15 is 0 Å². The SMILES string of the molecule is CC(C)CCC1(CCC(C)C)COc2csc(-c3cc(-c4ccc(C(=O)O)cc4)c(-c4scc5c4OCC(CCC(C)C)(CCC(C)C)CO5)s3)c2OC1. The standard InChI is InChI=1S/C45H60O6S3/c1-28(2)13-17-44(18-14-29(3)4)24-48-35-22-52-41(38(35)50-26-44)37-21-34(32-9-11-33(12-10-32)43(46)47)40(54-37)42-39-36(23-53-42)49-25-45(27-51-39,19-15-30(5)6)20-16-31(7)8/h9-12,21-23,28-31H,13-20,24-27H2,1-8H3,(H,46,47). The average Bonchev–Trinajstić information content (AvgIpc) is 3.80. The third-order valence-electron chi connectivity index (χ3n) is 11.2. The Morgan fingerprint density at radius 1 is 0.630 bits per heavy atom. The third kappa shape index (κ3) is 9.50. The maximum atomic E-state index is 11.8. The van der Waals surface area contributed by atoms with Crippen molar-refractivity contribution in [1.82, 2.24) is 0 Å². The summed E-state index contributed by atoms with van der Waals surface area (Å²) in [5.41, 5.74) is 2.20. The summed E-state index contributed by atoms with van der Waals surface area (Å²) in [6.45, 7) is 21.0. The Kier molecular flexibility index (Phi) is 13.1. The van der Waals surface area contributed by atoms with E-state index in [0.717, 1.165) is 105 Å². The van der Waals surface area contributed by atoms with Crippen molar-refractivity contribution in [2.75, 3.05) is 26.4 Å². The Bertz CT molecular complexity index is 1820. The summed E-state index contributed by atoms with van der Waals surface area (Å²) in [6.07, 6.45) is 8.90. The molecular weight excluding hydrogens is 733 g/mol. The van der Waals surface area contributed by atoms with Gasteiger partial charge >= 0.3 is 5.97 Å². The number of hydrogen-bond acceptors (Lipinski definition) is 8. The van der Waals surface area contributed by atoms with Crippen molar-refractivity contribution < 1.29 is 28.8 Å².